The van der Waals surface area contributed by atoms with Gasteiger partial charge in [0.25, 0.3) is 0 Å². The Bertz CT molecular complexity index is 957. The molecule has 2 aliphatic carbocycles. The zero-order chi connectivity index (χ0) is 17.3. The molecule has 0 spiro atoms. The van der Waals surface area contributed by atoms with E-state index in [-0.39, 0.29) is 35.5 Å². The van der Waals surface area contributed by atoms with Gasteiger partial charge in [0.2, 0.25) is 11.8 Å². The predicted molar refractivity (Wildman–Crippen MR) is 97.9 cm³/mol. The zero-order valence-electron chi connectivity index (χ0n) is 14.3. The monoisotopic (exact) mass is 329 g/mol. The van der Waals surface area contributed by atoms with E-state index in [1.165, 1.54) is 16.0 Å². The summed E-state index contributed by atoms with van der Waals surface area (Å²) in [5.41, 5.74) is 3.25. The van der Waals surface area contributed by atoms with Crippen LogP contribution in [0.25, 0.3) is 10.8 Å². The second-order valence-corrected chi connectivity index (χ2v) is 7.45. The number of rotatable bonds is 1. The molecule has 5 rings (SSSR count). The number of carbonyl (C=O) groups excluding carboxylic acids is 2. The maximum Gasteiger partial charge on any atom is 0.238 e. The van der Waals surface area contributed by atoms with Gasteiger partial charge >= 0.3 is 0 Å². The molecule has 25 heavy (non-hydrogen) atoms. The largest absolute Gasteiger partial charge is 0.274 e. The summed E-state index contributed by atoms with van der Waals surface area (Å²) < 4.78 is 0. The van der Waals surface area contributed by atoms with Crippen LogP contribution in [0.15, 0.2) is 65.8 Å². The van der Waals surface area contributed by atoms with Crippen LogP contribution in [0, 0.1) is 23.7 Å². The average molecular weight is 329 g/mol. The van der Waals surface area contributed by atoms with Gasteiger partial charge in [-0.2, -0.15) is 0 Å². The second-order valence-electron chi connectivity index (χ2n) is 7.45. The summed E-state index contributed by atoms with van der Waals surface area (Å²) in [6, 6.07) is 13.7. The highest BCUT2D eigenvalue weighted by molar-refractivity contribution is 6.25. The fraction of sp³-hybridized carbons (Fsp3) is 0.273. The number of fused-ring (bicyclic) bond motifs is 6. The van der Waals surface area contributed by atoms with Gasteiger partial charge in [-0.1, -0.05) is 59.7 Å². The molecule has 1 aliphatic heterocycles. The SMILES string of the molecule is CC(C)=C1[C@H]2C=C[C@H]1[C@H]1C(=O)N(c3cccc4ccccc34)C(=O)[C@@H]12. The molecule has 2 amide bonds. The van der Waals surface area contributed by atoms with Gasteiger partial charge in [0.15, 0.2) is 0 Å². The minimum absolute atomic E-state index is 0.0399. The first kappa shape index (κ1) is 14.6. The van der Waals surface area contributed by atoms with E-state index >= 15 is 0 Å². The van der Waals surface area contributed by atoms with E-state index in [9.17, 15) is 9.59 Å². The smallest absolute Gasteiger partial charge is 0.238 e. The van der Waals surface area contributed by atoms with E-state index in [1.54, 1.807) is 0 Å². The summed E-state index contributed by atoms with van der Waals surface area (Å²) in [5.74, 6) is -0.352. The summed E-state index contributed by atoms with van der Waals surface area (Å²) in [7, 11) is 0. The minimum atomic E-state index is -0.230. The van der Waals surface area contributed by atoms with Crippen LogP contribution < -0.4 is 4.90 Å². The molecule has 2 aromatic rings. The molecule has 3 heteroatoms. The minimum Gasteiger partial charge on any atom is -0.274 e. The molecule has 4 atom stereocenters. The Hall–Kier alpha value is -2.68. The molecule has 124 valence electrons. The first-order chi connectivity index (χ1) is 12.1. The Balaban J connectivity index is 1.65. The van der Waals surface area contributed by atoms with Gasteiger partial charge in [0, 0.05) is 17.2 Å². The van der Waals surface area contributed by atoms with Crippen LogP contribution in [0.2, 0.25) is 0 Å². The van der Waals surface area contributed by atoms with E-state index in [4.69, 9.17) is 0 Å². The Labute approximate surface area is 146 Å². The van der Waals surface area contributed by atoms with Crippen molar-refractivity contribution in [2.45, 2.75) is 13.8 Å². The molecule has 1 heterocycles. The van der Waals surface area contributed by atoms with Crippen LogP contribution in [0.1, 0.15) is 13.8 Å². The van der Waals surface area contributed by atoms with Crippen molar-refractivity contribution in [2.75, 3.05) is 4.90 Å². The quantitative estimate of drug-likeness (QED) is 0.583. The van der Waals surface area contributed by atoms with Crippen molar-refractivity contribution in [1.82, 2.24) is 0 Å². The van der Waals surface area contributed by atoms with Crippen molar-refractivity contribution in [3.8, 4) is 0 Å². The Morgan fingerprint density at radius 2 is 1.44 bits per heavy atom. The number of amides is 2. The Morgan fingerprint density at radius 3 is 2.08 bits per heavy atom. The van der Waals surface area contributed by atoms with Crippen LogP contribution in [-0.2, 0) is 9.59 Å². The third-order valence-corrected chi connectivity index (χ3v) is 6.00. The third-order valence-electron chi connectivity index (χ3n) is 6.00. The van der Waals surface area contributed by atoms with Gasteiger partial charge in [-0.15, -0.1) is 0 Å². The lowest BCUT2D eigenvalue weighted by Gasteiger charge is -2.20. The normalized spacial score (nSPS) is 29.8. The highest BCUT2D eigenvalue weighted by Gasteiger charge is 2.62. The van der Waals surface area contributed by atoms with Crippen molar-refractivity contribution in [1.29, 1.82) is 0 Å². The van der Waals surface area contributed by atoms with Gasteiger partial charge in [-0.05, 0) is 25.3 Å². The first-order valence-corrected chi connectivity index (χ1v) is 8.81. The molecule has 0 unspecified atom stereocenters. The van der Waals surface area contributed by atoms with Crippen LogP contribution in [0.4, 0.5) is 5.69 Å². The van der Waals surface area contributed by atoms with Crippen LogP contribution in [0.5, 0.6) is 0 Å². The topological polar surface area (TPSA) is 37.4 Å². The van der Waals surface area contributed by atoms with Crippen LogP contribution >= 0.6 is 0 Å². The van der Waals surface area contributed by atoms with E-state index in [1.807, 2.05) is 42.5 Å². The number of nitrogens with zero attached hydrogens (tertiary/aromatic N) is 1. The average Bonchev–Trinajstić information content (AvgIpc) is 3.25. The fourth-order valence-electron chi connectivity index (χ4n) is 5.07. The lowest BCUT2D eigenvalue weighted by molar-refractivity contribution is -0.122. The van der Waals surface area contributed by atoms with Gasteiger partial charge < -0.3 is 0 Å². The number of hydrogen-bond donors (Lipinski definition) is 0. The van der Waals surface area contributed by atoms with Crippen molar-refractivity contribution < 1.29 is 9.59 Å². The number of benzene rings is 2. The van der Waals surface area contributed by atoms with Gasteiger partial charge in [-0.3, -0.25) is 9.59 Å². The summed E-state index contributed by atoms with van der Waals surface area (Å²) in [4.78, 5) is 27.9. The molecular weight excluding hydrogens is 310 g/mol. The molecule has 3 nitrogen and oxygen atoms in total. The van der Waals surface area contributed by atoms with Gasteiger partial charge in [0.1, 0.15) is 0 Å². The fourth-order valence-corrected chi connectivity index (χ4v) is 5.07. The summed E-state index contributed by atoms with van der Waals surface area (Å²) in [5, 5.41) is 2.00. The molecule has 2 aromatic carbocycles. The Kier molecular flexibility index (Phi) is 2.88. The van der Waals surface area contributed by atoms with Crippen molar-refractivity contribution in [3.63, 3.8) is 0 Å². The van der Waals surface area contributed by atoms with Crippen molar-refractivity contribution in [3.05, 3.63) is 65.8 Å². The predicted octanol–water partition coefficient (Wildman–Crippen LogP) is 4.10. The maximum atomic E-state index is 13.2. The summed E-state index contributed by atoms with van der Waals surface area (Å²) in [6.07, 6.45) is 4.26. The van der Waals surface area contributed by atoms with Crippen molar-refractivity contribution >= 4 is 28.3 Å². The maximum absolute atomic E-state index is 13.2. The van der Waals surface area contributed by atoms with E-state index in [0.717, 1.165) is 16.5 Å². The lowest BCUT2D eigenvalue weighted by atomic mass is 9.85. The molecule has 1 saturated heterocycles. The number of carbonyl (C=O) groups is 2. The second kappa shape index (κ2) is 4.92. The third kappa shape index (κ3) is 1.76. The highest BCUT2D eigenvalue weighted by atomic mass is 16.2. The molecule has 3 aliphatic rings. The molecule has 0 aromatic heterocycles. The van der Waals surface area contributed by atoms with Crippen molar-refractivity contribution in [2.24, 2.45) is 23.7 Å². The summed E-state index contributed by atoms with van der Waals surface area (Å²) in [6.45, 7) is 4.17. The van der Waals surface area contributed by atoms with E-state index in [2.05, 4.69) is 26.0 Å². The molecule has 1 saturated carbocycles. The summed E-state index contributed by atoms with van der Waals surface area (Å²) >= 11 is 0. The molecule has 2 fully saturated rings. The molecule has 0 radical (unpaired) electrons. The Morgan fingerprint density at radius 1 is 0.840 bits per heavy atom. The number of imide groups is 1. The zero-order valence-corrected chi connectivity index (χ0v) is 14.3. The van der Waals surface area contributed by atoms with Gasteiger partial charge in [-0.25, -0.2) is 4.90 Å². The molecular formula is C22H19NO2. The number of hydrogen-bond acceptors (Lipinski definition) is 2. The van der Waals surface area contributed by atoms with Crippen LogP contribution in [-0.4, -0.2) is 11.8 Å². The first-order valence-electron chi connectivity index (χ1n) is 8.81. The standard InChI is InChI=1S/C22H19NO2/c1-12(2)18-15-10-11-16(18)20-19(15)21(24)23(22(20)25)17-9-5-7-13-6-3-4-8-14(13)17/h3-11,15-16,19-20H,1-2H3/t15-,16-,19-,20-/m1/s1. The van der Waals surface area contributed by atoms with E-state index in [0.29, 0.717) is 0 Å². The van der Waals surface area contributed by atoms with Crippen LogP contribution in [0.3, 0.4) is 0 Å². The highest BCUT2D eigenvalue weighted by Crippen LogP contribution is 2.57. The van der Waals surface area contributed by atoms with Gasteiger partial charge in [0.05, 0.1) is 17.5 Å². The number of anilines is 1. The number of allylic oxidation sites excluding steroid dienone is 4. The van der Waals surface area contributed by atoms with E-state index < -0.39 is 0 Å². The molecule has 0 N–H and O–H groups in total. The molecule has 2 bridgehead atoms. The lowest BCUT2D eigenvalue weighted by Crippen LogP contribution is -2.33.